The van der Waals surface area contributed by atoms with Crippen molar-refractivity contribution in [3.8, 4) is 0 Å². The van der Waals surface area contributed by atoms with Crippen molar-refractivity contribution in [2.75, 3.05) is 0 Å². The Kier molecular flexibility index (Phi) is 1.52. The van der Waals surface area contributed by atoms with Crippen LogP contribution in [0.15, 0.2) is 0 Å². The molecule has 0 radical (unpaired) electrons. The van der Waals surface area contributed by atoms with Crippen LogP contribution in [0.1, 0.15) is 25.7 Å². The number of rotatable bonds is 0. The summed E-state index contributed by atoms with van der Waals surface area (Å²) < 4.78 is 0. The van der Waals surface area contributed by atoms with Gasteiger partial charge in [0, 0.05) is 12.1 Å². The summed E-state index contributed by atoms with van der Waals surface area (Å²) in [5.74, 6) is 0. The molecule has 2 bridgehead atoms. The van der Waals surface area contributed by atoms with Gasteiger partial charge in [0.1, 0.15) is 0 Å². The van der Waals surface area contributed by atoms with E-state index in [-0.39, 0.29) is 0 Å². The van der Waals surface area contributed by atoms with E-state index in [0.717, 1.165) is 5.11 Å². The van der Waals surface area contributed by atoms with Crippen molar-refractivity contribution < 1.29 is 0 Å². The summed E-state index contributed by atoms with van der Waals surface area (Å²) in [6.45, 7) is 0. The Hall–Kier alpha value is -0.310. The van der Waals surface area contributed by atoms with Gasteiger partial charge in [-0.2, -0.15) is 0 Å². The van der Waals surface area contributed by atoms with Crippen LogP contribution in [0.3, 0.4) is 0 Å². The van der Waals surface area contributed by atoms with Crippen molar-refractivity contribution in [3.63, 3.8) is 0 Å². The summed E-state index contributed by atoms with van der Waals surface area (Å²) in [5, 5.41) is 7.40. The van der Waals surface area contributed by atoms with Crippen LogP contribution in [0.2, 0.25) is 0 Å². The van der Waals surface area contributed by atoms with Gasteiger partial charge in [0.25, 0.3) is 0 Å². The average Bonchev–Trinajstić information content (AvgIpc) is 1.85. The second-order valence-electron chi connectivity index (χ2n) is 3.18. The fourth-order valence-corrected chi connectivity index (χ4v) is 2.20. The molecule has 0 aromatic rings. The normalized spacial score (nSPS) is 38.2. The fourth-order valence-electron chi connectivity index (χ4n) is 1.86. The molecule has 0 aromatic carbocycles. The lowest BCUT2D eigenvalue weighted by Crippen LogP contribution is -2.56. The Balaban J connectivity index is 2.05. The minimum absolute atomic E-state index is 0.674. The van der Waals surface area contributed by atoms with Gasteiger partial charge in [-0.05, 0) is 37.9 Å². The van der Waals surface area contributed by atoms with Gasteiger partial charge in [-0.25, -0.2) is 0 Å². The molecule has 1 saturated heterocycles. The first-order chi connectivity index (χ1) is 4.84. The van der Waals surface area contributed by atoms with Crippen molar-refractivity contribution in [1.82, 2.24) is 10.6 Å². The molecule has 10 heavy (non-hydrogen) atoms. The lowest BCUT2D eigenvalue weighted by Gasteiger charge is -2.37. The molecule has 2 unspecified atom stereocenters. The topological polar surface area (TPSA) is 24.1 Å². The third-order valence-electron chi connectivity index (χ3n) is 2.34. The number of hydrogen-bond donors (Lipinski definition) is 2. The van der Waals surface area contributed by atoms with E-state index in [9.17, 15) is 0 Å². The van der Waals surface area contributed by atoms with Gasteiger partial charge >= 0.3 is 0 Å². The smallest absolute Gasteiger partial charge is 0.166 e. The first kappa shape index (κ1) is 6.40. The first-order valence-corrected chi connectivity index (χ1v) is 4.32. The lowest BCUT2D eigenvalue weighted by molar-refractivity contribution is 0.322. The van der Waals surface area contributed by atoms with Crippen LogP contribution in [0.4, 0.5) is 0 Å². The van der Waals surface area contributed by atoms with Gasteiger partial charge in [-0.15, -0.1) is 0 Å². The van der Waals surface area contributed by atoms with E-state index in [0.29, 0.717) is 12.1 Å². The van der Waals surface area contributed by atoms with Crippen molar-refractivity contribution in [2.45, 2.75) is 37.8 Å². The molecule has 56 valence electrons. The molecule has 3 heteroatoms. The van der Waals surface area contributed by atoms with Crippen LogP contribution >= 0.6 is 12.2 Å². The Morgan fingerprint density at radius 3 is 2.40 bits per heavy atom. The summed E-state index contributed by atoms with van der Waals surface area (Å²) >= 11 is 5.04. The molecule has 2 N–H and O–H groups in total. The predicted octanol–water partition coefficient (Wildman–Crippen LogP) is 0.775. The number of thiocarbonyl (C=S) groups is 1. The quantitative estimate of drug-likeness (QED) is 0.507. The zero-order valence-corrected chi connectivity index (χ0v) is 6.71. The van der Waals surface area contributed by atoms with E-state index in [4.69, 9.17) is 12.2 Å². The van der Waals surface area contributed by atoms with Gasteiger partial charge in [0.05, 0.1) is 0 Å². The SMILES string of the molecule is S=C1NC2CCCC(C2)N1. The van der Waals surface area contributed by atoms with Crippen LogP contribution in [0.25, 0.3) is 0 Å². The Labute approximate surface area is 66.4 Å². The van der Waals surface area contributed by atoms with Gasteiger partial charge in [0.15, 0.2) is 5.11 Å². The summed E-state index contributed by atoms with van der Waals surface area (Å²) in [5.41, 5.74) is 0. The summed E-state index contributed by atoms with van der Waals surface area (Å²) in [6, 6.07) is 1.35. The molecule has 1 aliphatic carbocycles. The zero-order chi connectivity index (χ0) is 6.97. The molecule has 1 saturated carbocycles. The molecule has 2 nitrogen and oxygen atoms in total. The third-order valence-corrected chi connectivity index (χ3v) is 2.58. The fraction of sp³-hybridized carbons (Fsp3) is 0.857. The molecule has 2 fully saturated rings. The van der Waals surface area contributed by atoms with Gasteiger partial charge in [0.2, 0.25) is 0 Å². The van der Waals surface area contributed by atoms with Crippen molar-refractivity contribution in [2.24, 2.45) is 0 Å². The maximum absolute atomic E-state index is 5.04. The molecular weight excluding hydrogens is 144 g/mol. The van der Waals surface area contributed by atoms with Crippen molar-refractivity contribution in [3.05, 3.63) is 0 Å². The lowest BCUT2D eigenvalue weighted by atomic mass is 9.90. The number of nitrogens with one attached hydrogen (secondary N) is 2. The minimum atomic E-state index is 0.674. The van der Waals surface area contributed by atoms with E-state index in [1.54, 1.807) is 0 Å². The van der Waals surface area contributed by atoms with Gasteiger partial charge in [-0.3, -0.25) is 0 Å². The second-order valence-corrected chi connectivity index (χ2v) is 3.59. The third kappa shape index (κ3) is 1.10. The molecule has 2 aliphatic rings. The molecule has 0 spiro atoms. The van der Waals surface area contributed by atoms with Crippen LogP contribution in [-0.4, -0.2) is 17.2 Å². The maximum atomic E-state index is 5.04. The van der Waals surface area contributed by atoms with E-state index in [1.807, 2.05) is 0 Å². The zero-order valence-electron chi connectivity index (χ0n) is 5.89. The van der Waals surface area contributed by atoms with E-state index in [1.165, 1.54) is 25.7 Å². The van der Waals surface area contributed by atoms with E-state index < -0.39 is 0 Å². The summed E-state index contributed by atoms with van der Waals surface area (Å²) in [6.07, 6.45) is 5.22. The molecular formula is C7H12N2S. The molecule has 0 aromatic heterocycles. The number of hydrogen-bond acceptors (Lipinski definition) is 1. The van der Waals surface area contributed by atoms with E-state index >= 15 is 0 Å². The average molecular weight is 156 g/mol. The Bertz CT molecular complexity index is 144. The highest BCUT2D eigenvalue weighted by Crippen LogP contribution is 2.20. The highest BCUT2D eigenvalue weighted by molar-refractivity contribution is 7.80. The van der Waals surface area contributed by atoms with Gasteiger partial charge in [-0.1, -0.05) is 0 Å². The first-order valence-electron chi connectivity index (χ1n) is 3.91. The predicted molar refractivity (Wildman–Crippen MR) is 44.9 cm³/mol. The number of fused-ring (bicyclic) bond motifs is 2. The molecule has 1 heterocycles. The van der Waals surface area contributed by atoms with Crippen LogP contribution < -0.4 is 10.6 Å². The molecule has 0 amide bonds. The highest BCUT2D eigenvalue weighted by Gasteiger charge is 2.26. The Morgan fingerprint density at radius 2 is 1.80 bits per heavy atom. The standard InChI is InChI=1S/C7H12N2S/c10-7-8-5-2-1-3-6(4-5)9-7/h5-6H,1-4H2,(H2,8,9,10). The monoisotopic (exact) mass is 156 g/mol. The summed E-state index contributed by atoms with van der Waals surface area (Å²) in [7, 11) is 0. The van der Waals surface area contributed by atoms with Gasteiger partial charge < -0.3 is 10.6 Å². The largest absolute Gasteiger partial charge is 0.360 e. The van der Waals surface area contributed by atoms with Crippen LogP contribution in [-0.2, 0) is 0 Å². The molecule has 2 rings (SSSR count). The highest BCUT2D eigenvalue weighted by atomic mass is 32.1. The summed E-state index contributed by atoms with van der Waals surface area (Å²) in [4.78, 5) is 0. The Morgan fingerprint density at radius 1 is 1.20 bits per heavy atom. The minimum Gasteiger partial charge on any atom is -0.360 e. The second kappa shape index (κ2) is 2.38. The van der Waals surface area contributed by atoms with E-state index in [2.05, 4.69) is 10.6 Å². The molecule has 2 atom stereocenters. The van der Waals surface area contributed by atoms with Crippen LogP contribution in [0.5, 0.6) is 0 Å². The van der Waals surface area contributed by atoms with Crippen LogP contribution in [0, 0.1) is 0 Å². The van der Waals surface area contributed by atoms with Crippen molar-refractivity contribution >= 4 is 17.3 Å². The molecule has 1 aliphatic heterocycles. The maximum Gasteiger partial charge on any atom is 0.166 e. The van der Waals surface area contributed by atoms with Crippen molar-refractivity contribution in [1.29, 1.82) is 0 Å².